The third-order valence-corrected chi connectivity index (χ3v) is 8.19. The molecule has 0 spiro atoms. The Bertz CT molecular complexity index is 1150. The highest BCUT2D eigenvalue weighted by Gasteiger charge is 2.31. The average Bonchev–Trinajstić information content (AvgIpc) is 3.09. The van der Waals surface area contributed by atoms with E-state index in [4.69, 9.17) is 4.74 Å². The molecule has 2 aromatic carbocycles. The maximum Gasteiger partial charge on any atom is 0.251 e. The molecule has 8 nitrogen and oxygen atoms in total. The number of sulfone groups is 1. The van der Waals surface area contributed by atoms with Crippen LogP contribution in [0, 0.1) is 5.82 Å². The first-order valence-electron chi connectivity index (χ1n) is 10.1. The van der Waals surface area contributed by atoms with E-state index in [2.05, 4.69) is 10.0 Å². The van der Waals surface area contributed by atoms with E-state index in [9.17, 15) is 26.0 Å². The van der Waals surface area contributed by atoms with E-state index < -0.39 is 31.8 Å². The Balaban J connectivity index is 1.45. The summed E-state index contributed by atoms with van der Waals surface area (Å²) in [6.07, 6.45) is 1.54. The zero-order valence-corrected chi connectivity index (χ0v) is 18.9. The van der Waals surface area contributed by atoms with Gasteiger partial charge in [-0.2, -0.15) is 0 Å². The van der Waals surface area contributed by atoms with E-state index in [0.717, 1.165) is 0 Å². The van der Waals surface area contributed by atoms with Crippen LogP contribution in [0.3, 0.4) is 0 Å². The summed E-state index contributed by atoms with van der Waals surface area (Å²) in [6, 6.07) is 10.6. The summed E-state index contributed by atoms with van der Waals surface area (Å²) in [7, 11) is -7.17. The molecule has 1 aliphatic heterocycles. The third-order valence-electron chi connectivity index (χ3n) is 4.90. The van der Waals surface area contributed by atoms with E-state index in [-0.39, 0.29) is 34.2 Å². The lowest BCUT2D eigenvalue weighted by Gasteiger charge is -2.12. The lowest BCUT2D eigenvalue weighted by Crippen LogP contribution is -2.35. The van der Waals surface area contributed by atoms with Gasteiger partial charge in [-0.15, -0.1) is 0 Å². The van der Waals surface area contributed by atoms with Crippen LogP contribution in [0.1, 0.15) is 29.6 Å². The molecule has 1 amide bonds. The largest absolute Gasteiger partial charge is 0.494 e. The van der Waals surface area contributed by atoms with Crippen LogP contribution >= 0.6 is 0 Å². The summed E-state index contributed by atoms with van der Waals surface area (Å²) < 4.78 is 69.0. The minimum absolute atomic E-state index is 0.0441. The number of carbonyl (C=O) groups excluding carboxylic acids is 1. The fraction of sp³-hybridized carbons (Fsp3) is 0.381. The first-order chi connectivity index (χ1) is 15.1. The number of amides is 1. The third kappa shape index (κ3) is 7.01. The van der Waals surface area contributed by atoms with Crippen LogP contribution in [0.2, 0.25) is 0 Å². The van der Waals surface area contributed by atoms with Gasteiger partial charge in [-0.25, -0.2) is 25.9 Å². The second-order valence-corrected chi connectivity index (χ2v) is 11.5. The van der Waals surface area contributed by atoms with Crippen molar-refractivity contribution in [2.45, 2.75) is 30.2 Å². The van der Waals surface area contributed by atoms with Gasteiger partial charge in [0.05, 0.1) is 23.0 Å². The Labute approximate surface area is 187 Å². The van der Waals surface area contributed by atoms with Gasteiger partial charge in [-0.1, -0.05) is 6.07 Å². The minimum atomic E-state index is -3.95. The zero-order valence-electron chi connectivity index (χ0n) is 17.3. The Kier molecular flexibility index (Phi) is 7.86. The predicted octanol–water partition coefficient (Wildman–Crippen LogP) is 1.88. The van der Waals surface area contributed by atoms with E-state index in [0.29, 0.717) is 31.7 Å². The fourth-order valence-corrected chi connectivity index (χ4v) is 6.33. The Morgan fingerprint density at radius 2 is 1.88 bits per heavy atom. The van der Waals surface area contributed by atoms with E-state index in [1.165, 1.54) is 36.4 Å². The van der Waals surface area contributed by atoms with Crippen molar-refractivity contribution < 1.29 is 30.8 Å². The van der Waals surface area contributed by atoms with Crippen LogP contribution in [-0.2, 0) is 19.9 Å². The van der Waals surface area contributed by atoms with Crippen LogP contribution in [0.4, 0.5) is 4.39 Å². The summed E-state index contributed by atoms with van der Waals surface area (Å²) in [4.78, 5) is 12.3. The van der Waals surface area contributed by atoms with Gasteiger partial charge in [0.15, 0.2) is 9.84 Å². The van der Waals surface area contributed by atoms with Crippen molar-refractivity contribution in [3.05, 3.63) is 59.9 Å². The molecule has 0 bridgehead atoms. The molecular weight excluding hydrogens is 459 g/mol. The number of rotatable bonds is 10. The number of unbranched alkanes of at least 4 members (excludes halogenated alkanes) is 1. The van der Waals surface area contributed by atoms with E-state index >= 15 is 0 Å². The molecule has 0 aliphatic carbocycles. The SMILES string of the molecule is O=C(NCCCCOc1ccc(F)cc1)c1cccc(S(=O)(=O)NC2CCS(=O)(=O)C2)c1. The maximum absolute atomic E-state index is 12.8. The van der Waals surface area contributed by atoms with Gasteiger partial charge < -0.3 is 10.1 Å². The highest BCUT2D eigenvalue weighted by atomic mass is 32.2. The first kappa shape index (κ1) is 24.1. The first-order valence-corrected chi connectivity index (χ1v) is 13.4. The van der Waals surface area contributed by atoms with Crippen molar-refractivity contribution in [3.8, 4) is 5.75 Å². The number of hydrogen-bond acceptors (Lipinski definition) is 6. The smallest absolute Gasteiger partial charge is 0.251 e. The quantitative estimate of drug-likeness (QED) is 0.497. The van der Waals surface area contributed by atoms with Crippen LogP contribution in [0.15, 0.2) is 53.4 Å². The van der Waals surface area contributed by atoms with Crippen molar-refractivity contribution in [1.82, 2.24) is 10.0 Å². The van der Waals surface area contributed by atoms with Crippen LogP contribution in [0.25, 0.3) is 0 Å². The number of benzene rings is 2. The Morgan fingerprint density at radius 3 is 2.56 bits per heavy atom. The van der Waals surface area contributed by atoms with E-state index in [1.54, 1.807) is 12.1 Å². The number of hydrogen-bond donors (Lipinski definition) is 2. The molecule has 1 unspecified atom stereocenters. The van der Waals surface area contributed by atoms with Gasteiger partial charge in [-0.05, 0) is 61.7 Å². The molecule has 11 heteroatoms. The summed E-state index contributed by atoms with van der Waals surface area (Å²) in [5.74, 6) is -0.448. The number of carbonyl (C=O) groups is 1. The fourth-order valence-electron chi connectivity index (χ4n) is 3.23. The molecule has 32 heavy (non-hydrogen) atoms. The standard InChI is InChI=1S/C21H25FN2O6S2/c22-17-6-8-19(9-7-17)30-12-2-1-11-23-21(25)16-4-3-5-20(14-16)32(28,29)24-18-10-13-31(26,27)15-18/h3-9,14,18,24H,1-2,10-13,15H2,(H,23,25). The maximum atomic E-state index is 12.8. The Hall–Kier alpha value is -2.50. The molecule has 1 fully saturated rings. The van der Waals surface area contributed by atoms with Gasteiger partial charge >= 0.3 is 0 Å². The van der Waals surface area contributed by atoms with Gasteiger partial charge in [0.1, 0.15) is 11.6 Å². The summed E-state index contributed by atoms with van der Waals surface area (Å²) >= 11 is 0. The molecule has 3 rings (SSSR count). The van der Waals surface area contributed by atoms with Crippen molar-refractivity contribution in [2.75, 3.05) is 24.7 Å². The van der Waals surface area contributed by atoms with Crippen LogP contribution in [0.5, 0.6) is 5.75 Å². The Morgan fingerprint density at radius 1 is 1.12 bits per heavy atom. The lowest BCUT2D eigenvalue weighted by atomic mass is 10.2. The second-order valence-electron chi connectivity index (χ2n) is 7.51. The average molecular weight is 485 g/mol. The van der Waals surface area contributed by atoms with Crippen molar-refractivity contribution in [3.63, 3.8) is 0 Å². The number of nitrogens with one attached hydrogen (secondary N) is 2. The number of sulfonamides is 1. The molecule has 2 N–H and O–H groups in total. The highest BCUT2D eigenvalue weighted by molar-refractivity contribution is 7.92. The van der Waals surface area contributed by atoms with Crippen LogP contribution in [-0.4, -0.2) is 53.4 Å². The minimum Gasteiger partial charge on any atom is -0.494 e. The lowest BCUT2D eigenvalue weighted by molar-refractivity contribution is 0.0952. The molecule has 2 aromatic rings. The highest BCUT2D eigenvalue weighted by Crippen LogP contribution is 2.17. The zero-order chi connectivity index (χ0) is 23.2. The number of halogens is 1. The molecule has 1 atom stereocenters. The molecule has 1 aliphatic rings. The second kappa shape index (κ2) is 10.4. The topological polar surface area (TPSA) is 119 Å². The van der Waals surface area contributed by atoms with Crippen molar-refractivity contribution in [1.29, 1.82) is 0 Å². The molecule has 0 radical (unpaired) electrons. The monoisotopic (exact) mass is 484 g/mol. The normalized spacial score (nSPS) is 17.7. The molecule has 174 valence electrons. The van der Waals surface area contributed by atoms with Gasteiger partial charge in [0, 0.05) is 18.2 Å². The summed E-state index contributed by atoms with van der Waals surface area (Å²) in [5, 5.41) is 2.73. The molecule has 0 aromatic heterocycles. The van der Waals surface area contributed by atoms with Gasteiger partial charge in [0.2, 0.25) is 10.0 Å². The predicted molar refractivity (Wildman–Crippen MR) is 117 cm³/mol. The van der Waals surface area contributed by atoms with E-state index in [1.807, 2.05) is 0 Å². The van der Waals surface area contributed by atoms with Crippen molar-refractivity contribution in [2.24, 2.45) is 0 Å². The molecule has 0 saturated carbocycles. The summed E-state index contributed by atoms with van der Waals surface area (Å²) in [5.41, 5.74) is 0.189. The van der Waals surface area contributed by atoms with Gasteiger partial charge in [-0.3, -0.25) is 4.79 Å². The molecule has 1 saturated heterocycles. The van der Waals surface area contributed by atoms with Crippen molar-refractivity contribution >= 4 is 25.8 Å². The van der Waals surface area contributed by atoms with Gasteiger partial charge in [0.25, 0.3) is 5.91 Å². The molecule has 1 heterocycles. The summed E-state index contributed by atoms with van der Waals surface area (Å²) in [6.45, 7) is 0.790. The molecular formula is C21H25FN2O6S2. The number of ether oxygens (including phenoxy) is 1. The van der Waals surface area contributed by atoms with Crippen LogP contribution < -0.4 is 14.8 Å².